The second kappa shape index (κ2) is 4.56. The van der Waals surface area contributed by atoms with E-state index in [1.54, 1.807) is 12.1 Å². The Labute approximate surface area is 102 Å². The van der Waals surface area contributed by atoms with Gasteiger partial charge < -0.3 is 5.32 Å². The second-order valence-corrected chi connectivity index (χ2v) is 4.97. The third kappa shape index (κ3) is 2.19. The average Bonchev–Trinajstić information content (AvgIpc) is 2.66. The summed E-state index contributed by atoms with van der Waals surface area (Å²) < 4.78 is 0.947. The van der Waals surface area contributed by atoms with E-state index in [0.717, 1.165) is 28.3 Å². The molecule has 0 aliphatic heterocycles. The van der Waals surface area contributed by atoms with Crippen LogP contribution in [0.1, 0.15) is 13.3 Å². The Morgan fingerprint density at radius 1 is 1.33 bits per heavy atom. The van der Waals surface area contributed by atoms with E-state index in [1.807, 2.05) is 0 Å². The summed E-state index contributed by atoms with van der Waals surface area (Å²) in [4.78, 5) is 4.40. The summed E-state index contributed by atoms with van der Waals surface area (Å²) in [6.07, 6.45) is 1.07. The predicted octanol–water partition coefficient (Wildman–Crippen LogP) is 4.43. The highest BCUT2D eigenvalue weighted by atomic mass is 35.5. The van der Waals surface area contributed by atoms with Crippen molar-refractivity contribution >= 4 is 49.9 Å². The smallest absolute Gasteiger partial charge is 0.183 e. The zero-order valence-corrected chi connectivity index (χ0v) is 10.5. The van der Waals surface area contributed by atoms with Crippen LogP contribution in [-0.2, 0) is 0 Å². The molecule has 2 rings (SSSR count). The third-order valence-corrected chi connectivity index (χ3v) is 3.75. The Balaban J connectivity index is 2.45. The fourth-order valence-corrected chi connectivity index (χ4v) is 2.70. The van der Waals surface area contributed by atoms with E-state index in [1.165, 1.54) is 11.3 Å². The van der Waals surface area contributed by atoms with Crippen molar-refractivity contribution < 1.29 is 0 Å². The number of benzene rings is 1. The summed E-state index contributed by atoms with van der Waals surface area (Å²) in [5.41, 5.74) is 0.785. The minimum atomic E-state index is 0.648. The molecule has 0 amide bonds. The van der Waals surface area contributed by atoms with Gasteiger partial charge >= 0.3 is 0 Å². The van der Waals surface area contributed by atoms with Gasteiger partial charge in [0, 0.05) is 6.54 Å². The van der Waals surface area contributed by atoms with Gasteiger partial charge in [0.15, 0.2) is 5.13 Å². The van der Waals surface area contributed by atoms with Crippen LogP contribution in [0.5, 0.6) is 0 Å². The molecule has 15 heavy (non-hydrogen) atoms. The van der Waals surface area contributed by atoms with Gasteiger partial charge in [-0.05, 0) is 18.6 Å². The molecule has 2 aromatic rings. The Kier molecular flexibility index (Phi) is 3.34. The lowest BCUT2D eigenvalue weighted by Gasteiger charge is -1.96. The maximum Gasteiger partial charge on any atom is 0.183 e. The first-order chi connectivity index (χ1) is 7.22. The number of aromatic nitrogens is 1. The van der Waals surface area contributed by atoms with Crippen LogP contribution in [0.4, 0.5) is 5.13 Å². The van der Waals surface area contributed by atoms with Crippen LogP contribution in [0.15, 0.2) is 12.1 Å². The molecule has 0 atom stereocenters. The predicted molar refractivity (Wildman–Crippen MR) is 68.4 cm³/mol. The Morgan fingerprint density at radius 2 is 2.07 bits per heavy atom. The quantitative estimate of drug-likeness (QED) is 0.884. The molecule has 1 aromatic heterocycles. The van der Waals surface area contributed by atoms with Gasteiger partial charge in [0.2, 0.25) is 0 Å². The fourth-order valence-electron chi connectivity index (χ4n) is 1.25. The van der Waals surface area contributed by atoms with Crippen molar-refractivity contribution in [1.29, 1.82) is 0 Å². The number of hydrogen-bond donors (Lipinski definition) is 1. The van der Waals surface area contributed by atoms with E-state index in [-0.39, 0.29) is 0 Å². The minimum Gasteiger partial charge on any atom is -0.361 e. The number of nitrogens with one attached hydrogen (secondary N) is 1. The summed E-state index contributed by atoms with van der Waals surface area (Å²) in [7, 11) is 0. The van der Waals surface area contributed by atoms with Gasteiger partial charge in [-0.3, -0.25) is 0 Å². The lowest BCUT2D eigenvalue weighted by Crippen LogP contribution is -1.98. The molecule has 0 aliphatic carbocycles. The fraction of sp³-hybridized carbons (Fsp3) is 0.300. The zero-order valence-electron chi connectivity index (χ0n) is 8.18. The van der Waals surface area contributed by atoms with Gasteiger partial charge in [0.25, 0.3) is 0 Å². The Hall–Kier alpha value is -0.510. The van der Waals surface area contributed by atoms with Crippen LogP contribution in [0.25, 0.3) is 10.2 Å². The molecule has 0 saturated carbocycles. The highest BCUT2D eigenvalue weighted by Crippen LogP contribution is 2.35. The summed E-state index contributed by atoms with van der Waals surface area (Å²) >= 11 is 13.6. The number of hydrogen-bond acceptors (Lipinski definition) is 3. The molecule has 1 aromatic carbocycles. The van der Waals surface area contributed by atoms with Gasteiger partial charge in [-0.1, -0.05) is 41.5 Å². The largest absolute Gasteiger partial charge is 0.361 e. The molecule has 2 nitrogen and oxygen atoms in total. The molecular weight excluding hydrogens is 251 g/mol. The van der Waals surface area contributed by atoms with E-state index < -0.39 is 0 Å². The molecule has 5 heteroatoms. The normalized spacial score (nSPS) is 10.9. The standard InChI is InChI=1S/C10H10Cl2N2S/c1-2-5-13-10-14-8-6(11)3-4-7(12)9(8)15-10/h3-4H,2,5H2,1H3,(H,13,14). The summed E-state index contributed by atoms with van der Waals surface area (Å²) in [5.74, 6) is 0. The van der Waals surface area contributed by atoms with Crippen molar-refractivity contribution in [2.45, 2.75) is 13.3 Å². The first-order valence-electron chi connectivity index (χ1n) is 4.70. The molecule has 80 valence electrons. The Morgan fingerprint density at radius 3 is 2.73 bits per heavy atom. The number of fused-ring (bicyclic) bond motifs is 1. The van der Waals surface area contributed by atoms with Crippen LogP contribution in [0.3, 0.4) is 0 Å². The first kappa shape index (κ1) is 11.0. The number of nitrogens with zero attached hydrogens (tertiary/aromatic N) is 1. The van der Waals surface area contributed by atoms with Crippen LogP contribution >= 0.6 is 34.5 Å². The van der Waals surface area contributed by atoms with Crippen molar-refractivity contribution in [1.82, 2.24) is 4.98 Å². The second-order valence-electron chi connectivity index (χ2n) is 3.15. The maximum absolute atomic E-state index is 6.06. The van der Waals surface area contributed by atoms with Gasteiger partial charge in [-0.25, -0.2) is 4.98 Å². The van der Waals surface area contributed by atoms with Crippen molar-refractivity contribution in [2.75, 3.05) is 11.9 Å². The van der Waals surface area contributed by atoms with E-state index in [0.29, 0.717) is 10.0 Å². The van der Waals surface area contributed by atoms with E-state index in [4.69, 9.17) is 23.2 Å². The molecular formula is C10H10Cl2N2S. The van der Waals surface area contributed by atoms with Crippen molar-refractivity contribution in [3.05, 3.63) is 22.2 Å². The number of halogens is 2. The van der Waals surface area contributed by atoms with Crippen molar-refractivity contribution in [3.8, 4) is 0 Å². The highest BCUT2D eigenvalue weighted by molar-refractivity contribution is 7.22. The van der Waals surface area contributed by atoms with E-state index in [9.17, 15) is 0 Å². The maximum atomic E-state index is 6.06. The topological polar surface area (TPSA) is 24.9 Å². The molecule has 0 radical (unpaired) electrons. The van der Waals surface area contributed by atoms with Crippen LogP contribution in [0, 0.1) is 0 Å². The number of rotatable bonds is 3. The lowest BCUT2D eigenvalue weighted by atomic mass is 10.3. The van der Waals surface area contributed by atoms with Crippen molar-refractivity contribution in [3.63, 3.8) is 0 Å². The van der Waals surface area contributed by atoms with Crippen LogP contribution in [-0.4, -0.2) is 11.5 Å². The summed E-state index contributed by atoms with van der Waals surface area (Å²) in [5, 5.41) is 5.46. The third-order valence-electron chi connectivity index (χ3n) is 1.97. The molecule has 0 fully saturated rings. The monoisotopic (exact) mass is 260 g/mol. The molecule has 0 aliphatic rings. The van der Waals surface area contributed by atoms with Gasteiger partial charge in [-0.15, -0.1) is 0 Å². The Bertz CT molecular complexity index is 442. The molecule has 0 spiro atoms. The molecule has 1 heterocycles. The SMILES string of the molecule is CCCNc1nc2c(Cl)ccc(Cl)c2s1. The number of anilines is 1. The molecule has 0 bridgehead atoms. The zero-order chi connectivity index (χ0) is 10.8. The first-order valence-corrected chi connectivity index (χ1v) is 6.28. The van der Waals surface area contributed by atoms with Gasteiger partial charge in [0.1, 0.15) is 5.52 Å². The van der Waals surface area contributed by atoms with Gasteiger partial charge in [0.05, 0.1) is 14.7 Å². The van der Waals surface area contributed by atoms with Crippen LogP contribution < -0.4 is 5.32 Å². The van der Waals surface area contributed by atoms with Gasteiger partial charge in [-0.2, -0.15) is 0 Å². The summed E-state index contributed by atoms with van der Waals surface area (Å²) in [6.45, 7) is 3.02. The van der Waals surface area contributed by atoms with Crippen molar-refractivity contribution in [2.24, 2.45) is 0 Å². The molecule has 0 unspecified atom stereocenters. The number of thiazole rings is 1. The van der Waals surface area contributed by atoms with Crippen LogP contribution in [0.2, 0.25) is 10.0 Å². The lowest BCUT2D eigenvalue weighted by molar-refractivity contribution is 0.977. The van der Waals surface area contributed by atoms with E-state index >= 15 is 0 Å². The summed E-state index contributed by atoms with van der Waals surface area (Å²) in [6, 6.07) is 3.57. The van der Waals surface area contributed by atoms with E-state index in [2.05, 4.69) is 17.2 Å². The average molecular weight is 261 g/mol. The molecule has 1 N–H and O–H groups in total. The highest BCUT2D eigenvalue weighted by Gasteiger charge is 2.09. The molecule has 0 saturated heterocycles. The minimum absolute atomic E-state index is 0.648.